The highest BCUT2D eigenvalue weighted by Crippen LogP contribution is 2.35. The molecule has 3 heterocycles. The van der Waals surface area contributed by atoms with Gasteiger partial charge in [0.2, 0.25) is 11.8 Å². The lowest BCUT2D eigenvalue weighted by Crippen LogP contribution is -2.67. The second-order valence-electron chi connectivity index (χ2n) is 7.28. The van der Waals surface area contributed by atoms with Crippen molar-refractivity contribution >= 4 is 46.3 Å². The molecular formula is C20H20ClN3O3S. The highest BCUT2D eigenvalue weighted by Gasteiger charge is 2.51. The van der Waals surface area contributed by atoms with Crippen LogP contribution in [0.15, 0.2) is 41.1 Å². The Labute approximate surface area is 172 Å². The van der Waals surface area contributed by atoms with E-state index in [2.05, 4.69) is 0 Å². The van der Waals surface area contributed by atoms with Gasteiger partial charge in [-0.15, -0.1) is 0 Å². The van der Waals surface area contributed by atoms with Crippen LogP contribution in [0.3, 0.4) is 0 Å². The number of benzene rings is 1. The van der Waals surface area contributed by atoms with Crippen molar-refractivity contribution in [3.8, 4) is 0 Å². The number of piperazine rings is 1. The second kappa shape index (κ2) is 7.22. The van der Waals surface area contributed by atoms with Gasteiger partial charge in [-0.2, -0.15) is 11.3 Å². The van der Waals surface area contributed by atoms with E-state index < -0.39 is 5.54 Å². The van der Waals surface area contributed by atoms with Crippen molar-refractivity contribution in [1.82, 2.24) is 9.80 Å². The first-order chi connectivity index (χ1) is 13.4. The molecule has 0 unspecified atom stereocenters. The van der Waals surface area contributed by atoms with Crippen LogP contribution in [-0.2, 0) is 9.59 Å². The van der Waals surface area contributed by atoms with Gasteiger partial charge in [0.1, 0.15) is 6.54 Å². The number of nitrogens with zero attached hydrogens (tertiary/aromatic N) is 3. The Bertz CT molecular complexity index is 933. The van der Waals surface area contributed by atoms with Gasteiger partial charge in [-0.25, -0.2) is 0 Å². The Kier molecular flexibility index (Phi) is 4.89. The lowest BCUT2D eigenvalue weighted by Gasteiger charge is -2.47. The number of amides is 3. The summed E-state index contributed by atoms with van der Waals surface area (Å²) in [4.78, 5) is 43.1. The van der Waals surface area contributed by atoms with Crippen LogP contribution in [0.4, 0.5) is 5.69 Å². The summed E-state index contributed by atoms with van der Waals surface area (Å²) in [6.45, 7) is 2.83. The third kappa shape index (κ3) is 3.29. The topological polar surface area (TPSA) is 60.9 Å². The quantitative estimate of drug-likeness (QED) is 0.754. The molecule has 1 aromatic heterocycles. The summed E-state index contributed by atoms with van der Waals surface area (Å²) in [7, 11) is 0. The van der Waals surface area contributed by atoms with Crippen molar-refractivity contribution in [2.45, 2.75) is 18.9 Å². The van der Waals surface area contributed by atoms with Gasteiger partial charge in [0.15, 0.2) is 0 Å². The van der Waals surface area contributed by atoms with E-state index in [1.165, 1.54) is 18.3 Å². The van der Waals surface area contributed by atoms with E-state index in [0.717, 1.165) is 5.69 Å². The molecule has 0 radical (unpaired) electrons. The number of carbonyl (C=O) groups is 3. The van der Waals surface area contributed by atoms with Crippen molar-refractivity contribution in [3.63, 3.8) is 0 Å². The Hall–Kier alpha value is -2.38. The summed E-state index contributed by atoms with van der Waals surface area (Å²) < 4.78 is 0. The maximum absolute atomic E-state index is 13.0. The number of carbonyl (C=O) groups excluding carboxylic acids is 3. The first-order valence-electron chi connectivity index (χ1n) is 9.05. The molecule has 3 amide bonds. The predicted octanol–water partition coefficient (Wildman–Crippen LogP) is 2.88. The Balaban J connectivity index is 1.61. The van der Waals surface area contributed by atoms with Crippen molar-refractivity contribution in [3.05, 3.63) is 51.7 Å². The highest BCUT2D eigenvalue weighted by molar-refractivity contribution is 7.08. The molecule has 0 aliphatic carbocycles. The number of rotatable bonds is 2. The molecule has 0 bridgehead atoms. The van der Waals surface area contributed by atoms with E-state index in [-0.39, 0.29) is 24.3 Å². The fourth-order valence-corrected chi connectivity index (χ4v) is 4.96. The van der Waals surface area contributed by atoms with E-state index in [4.69, 9.17) is 11.6 Å². The molecule has 1 aromatic carbocycles. The van der Waals surface area contributed by atoms with E-state index in [9.17, 15) is 14.4 Å². The van der Waals surface area contributed by atoms with Gasteiger partial charge in [0.25, 0.3) is 5.91 Å². The molecule has 1 spiro atoms. The van der Waals surface area contributed by atoms with Crippen molar-refractivity contribution in [2.24, 2.45) is 0 Å². The normalized spacial score (nSPS) is 22.2. The zero-order valence-corrected chi connectivity index (χ0v) is 17.0. The monoisotopic (exact) mass is 417 g/mol. The summed E-state index contributed by atoms with van der Waals surface area (Å²) >= 11 is 7.55. The first-order valence-corrected chi connectivity index (χ1v) is 10.4. The molecule has 8 heteroatoms. The third-order valence-corrected chi connectivity index (χ3v) is 6.41. The minimum absolute atomic E-state index is 0.0321. The maximum Gasteiger partial charge on any atom is 0.253 e. The average molecular weight is 418 g/mol. The molecule has 2 aromatic rings. The van der Waals surface area contributed by atoms with Crippen molar-refractivity contribution < 1.29 is 14.4 Å². The predicted molar refractivity (Wildman–Crippen MR) is 109 cm³/mol. The van der Waals surface area contributed by atoms with Gasteiger partial charge in [-0.1, -0.05) is 17.7 Å². The van der Waals surface area contributed by atoms with Gasteiger partial charge in [0.05, 0.1) is 17.8 Å². The zero-order valence-electron chi connectivity index (χ0n) is 15.4. The van der Waals surface area contributed by atoms with Crippen molar-refractivity contribution in [2.75, 3.05) is 31.1 Å². The zero-order chi connectivity index (χ0) is 19.9. The molecule has 2 aliphatic rings. The minimum atomic E-state index is -0.573. The van der Waals surface area contributed by atoms with Crippen LogP contribution in [0, 0.1) is 0 Å². The van der Waals surface area contributed by atoms with E-state index >= 15 is 0 Å². The molecule has 28 heavy (non-hydrogen) atoms. The fraction of sp³-hybridized carbons (Fsp3) is 0.350. The fourth-order valence-electron chi connectivity index (χ4n) is 4.13. The number of anilines is 1. The third-order valence-electron chi connectivity index (χ3n) is 5.51. The number of hydrogen-bond donors (Lipinski definition) is 0. The van der Waals surface area contributed by atoms with Crippen LogP contribution < -0.4 is 4.90 Å². The van der Waals surface area contributed by atoms with Gasteiger partial charge >= 0.3 is 0 Å². The Morgan fingerprint density at radius 2 is 2.04 bits per heavy atom. The maximum atomic E-state index is 13.0. The summed E-state index contributed by atoms with van der Waals surface area (Å²) in [5.74, 6) is -0.351. The van der Waals surface area contributed by atoms with Crippen LogP contribution in [0.5, 0.6) is 0 Å². The number of halogens is 1. The van der Waals surface area contributed by atoms with Gasteiger partial charge in [-0.3, -0.25) is 14.4 Å². The summed E-state index contributed by atoms with van der Waals surface area (Å²) in [5.41, 5.74) is 0.799. The molecular weight excluding hydrogens is 398 g/mol. The summed E-state index contributed by atoms with van der Waals surface area (Å²) in [5, 5.41) is 4.37. The van der Waals surface area contributed by atoms with E-state index in [1.54, 1.807) is 39.0 Å². The van der Waals surface area contributed by atoms with E-state index in [1.807, 2.05) is 16.8 Å². The smallest absolute Gasteiger partial charge is 0.253 e. The lowest BCUT2D eigenvalue weighted by molar-refractivity contribution is -0.142. The van der Waals surface area contributed by atoms with Gasteiger partial charge in [0, 0.05) is 36.0 Å². The molecule has 6 nitrogen and oxygen atoms in total. The first kappa shape index (κ1) is 19.0. The molecule has 2 saturated heterocycles. The SMILES string of the molecule is CC(=O)N1CC(=O)N(c2ccsc2)C[C@@]12CCN(C(=O)c1cccc(Cl)c1)C2. The van der Waals surface area contributed by atoms with Crippen LogP contribution in [0.25, 0.3) is 0 Å². The van der Waals surface area contributed by atoms with Crippen LogP contribution in [0.2, 0.25) is 5.02 Å². The summed E-state index contributed by atoms with van der Waals surface area (Å²) in [6, 6.07) is 8.78. The minimum Gasteiger partial charge on any atom is -0.336 e. The second-order valence-corrected chi connectivity index (χ2v) is 8.49. The van der Waals surface area contributed by atoms with Crippen LogP contribution in [0.1, 0.15) is 23.7 Å². The Morgan fingerprint density at radius 3 is 2.71 bits per heavy atom. The number of likely N-dealkylation sites (tertiary alicyclic amines) is 1. The molecule has 146 valence electrons. The standard InChI is InChI=1S/C20H20ClN3O3S/c1-14(25)24-10-18(26)23(17-5-8-28-11-17)13-20(24)6-7-22(12-20)19(27)15-3-2-4-16(21)9-15/h2-5,8-9,11H,6-7,10,12-13H2,1H3/t20-/m0/s1. The Morgan fingerprint density at radius 1 is 1.21 bits per heavy atom. The molecule has 2 aliphatic heterocycles. The largest absolute Gasteiger partial charge is 0.336 e. The van der Waals surface area contributed by atoms with Gasteiger partial charge < -0.3 is 14.7 Å². The highest BCUT2D eigenvalue weighted by atomic mass is 35.5. The number of hydrogen-bond acceptors (Lipinski definition) is 4. The molecule has 4 rings (SSSR count). The van der Waals surface area contributed by atoms with Crippen LogP contribution >= 0.6 is 22.9 Å². The van der Waals surface area contributed by atoms with E-state index in [0.29, 0.717) is 36.6 Å². The molecule has 1 atom stereocenters. The lowest BCUT2D eigenvalue weighted by atomic mass is 9.92. The summed E-state index contributed by atoms with van der Waals surface area (Å²) in [6.07, 6.45) is 0.632. The number of thiophene rings is 1. The molecule has 2 fully saturated rings. The average Bonchev–Trinajstić information content (AvgIpc) is 3.33. The van der Waals surface area contributed by atoms with Gasteiger partial charge in [-0.05, 0) is 36.1 Å². The van der Waals surface area contributed by atoms with Crippen molar-refractivity contribution in [1.29, 1.82) is 0 Å². The molecule has 0 saturated carbocycles. The molecule has 0 N–H and O–H groups in total. The van der Waals surface area contributed by atoms with Crippen LogP contribution in [-0.4, -0.2) is 59.2 Å².